The van der Waals surface area contributed by atoms with Crippen LogP contribution in [0, 0.1) is 0 Å². The molecule has 1 fully saturated rings. The number of amides is 1. The second kappa shape index (κ2) is 7.57. The molecule has 0 unspecified atom stereocenters. The first-order valence-corrected chi connectivity index (χ1v) is 9.01. The number of hydrogen-bond acceptors (Lipinski definition) is 5. The second-order valence-corrected chi connectivity index (χ2v) is 6.74. The molecule has 1 aromatic carbocycles. The van der Waals surface area contributed by atoms with Crippen molar-refractivity contribution in [1.82, 2.24) is 14.7 Å². The predicted octanol–water partition coefficient (Wildman–Crippen LogP) is 1.28. The summed E-state index contributed by atoms with van der Waals surface area (Å²) in [7, 11) is 1.90. The zero-order chi connectivity index (χ0) is 17.9. The molecule has 7 nitrogen and oxygen atoms in total. The van der Waals surface area contributed by atoms with Crippen LogP contribution in [0.5, 0.6) is 0 Å². The first kappa shape index (κ1) is 17.2. The first-order chi connectivity index (χ1) is 12.7. The Balaban J connectivity index is 1.60. The summed E-state index contributed by atoms with van der Waals surface area (Å²) in [5, 5.41) is 4.25. The number of hydrogen-bond donors (Lipinski definition) is 0. The number of fused-ring (bicyclic) bond motifs is 1. The molecule has 1 saturated heterocycles. The third kappa shape index (κ3) is 3.65. The number of nitrogens with zero attached hydrogens (tertiary/aromatic N) is 4. The Bertz CT molecular complexity index is 783. The molecule has 7 heteroatoms. The van der Waals surface area contributed by atoms with Crippen molar-refractivity contribution in [2.75, 3.05) is 50.9 Å². The van der Waals surface area contributed by atoms with Crippen LogP contribution < -0.4 is 4.90 Å². The van der Waals surface area contributed by atoms with Crippen LogP contribution in [0.1, 0.15) is 5.56 Å². The third-order valence-electron chi connectivity index (χ3n) is 4.94. The zero-order valence-electron chi connectivity index (χ0n) is 15.1. The van der Waals surface area contributed by atoms with Crippen LogP contribution in [0.4, 0.5) is 5.69 Å². The van der Waals surface area contributed by atoms with Crippen LogP contribution in [0.3, 0.4) is 0 Å². The minimum absolute atomic E-state index is 0.0142. The topological polar surface area (TPSA) is 59.8 Å². The number of aromatic nitrogens is 2. The van der Waals surface area contributed by atoms with Gasteiger partial charge in [-0.25, -0.2) is 0 Å². The number of ether oxygens (including phenoxy) is 2. The van der Waals surface area contributed by atoms with Gasteiger partial charge < -0.3 is 14.4 Å². The van der Waals surface area contributed by atoms with Gasteiger partial charge >= 0.3 is 0 Å². The number of anilines is 1. The summed E-state index contributed by atoms with van der Waals surface area (Å²) in [5.74, 6) is 0.0142. The van der Waals surface area contributed by atoms with Crippen molar-refractivity contribution in [3.05, 3.63) is 36.2 Å². The van der Waals surface area contributed by atoms with Gasteiger partial charge in [0.1, 0.15) is 6.61 Å². The molecular weight excluding hydrogens is 332 g/mol. The molecule has 2 aliphatic rings. The SMILES string of the molecule is Cn1cc(-c2ccc3c(c2)N(CCN2CCOCC2)C(=O)COC3)cn1. The molecule has 2 aromatic rings. The maximum atomic E-state index is 12.6. The van der Waals surface area contributed by atoms with Gasteiger partial charge in [0.25, 0.3) is 5.91 Å². The van der Waals surface area contributed by atoms with E-state index in [0.717, 1.165) is 55.2 Å². The van der Waals surface area contributed by atoms with Crippen LogP contribution in [0.15, 0.2) is 30.6 Å². The van der Waals surface area contributed by atoms with Crippen LogP contribution in [0.25, 0.3) is 11.1 Å². The number of carbonyl (C=O) groups is 1. The van der Waals surface area contributed by atoms with E-state index in [1.807, 2.05) is 24.3 Å². The molecule has 1 aromatic heterocycles. The monoisotopic (exact) mass is 356 g/mol. The Morgan fingerprint density at radius 1 is 1.08 bits per heavy atom. The number of morpholine rings is 1. The van der Waals surface area contributed by atoms with Crippen molar-refractivity contribution < 1.29 is 14.3 Å². The van der Waals surface area contributed by atoms with Crippen molar-refractivity contribution in [1.29, 1.82) is 0 Å². The zero-order valence-corrected chi connectivity index (χ0v) is 15.1. The van der Waals surface area contributed by atoms with E-state index in [1.54, 1.807) is 4.68 Å². The molecule has 2 aliphatic heterocycles. The number of benzene rings is 1. The summed E-state index contributed by atoms with van der Waals surface area (Å²) < 4.78 is 12.8. The Hall–Kier alpha value is -2.22. The van der Waals surface area contributed by atoms with Gasteiger partial charge in [0.15, 0.2) is 0 Å². The van der Waals surface area contributed by atoms with Gasteiger partial charge in [-0.15, -0.1) is 0 Å². The molecule has 1 amide bonds. The maximum Gasteiger partial charge on any atom is 0.253 e. The van der Waals surface area contributed by atoms with E-state index in [4.69, 9.17) is 9.47 Å². The largest absolute Gasteiger partial charge is 0.379 e. The van der Waals surface area contributed by atoms with Crippen LogP contribution in [-0.4, -0.2) is 66.6 Å². The first-order valence-electron chi connectivity index (χ1n) is 9.01. The van der Waals surface area contributed by atoms with Gasteiger partial charge in [-0.1, -0.05) is 12.1 Å². The van der Waals surface area contributed by atoms with Gasteiger partial charge in [0, 0.05) is 56.2 Å². The highest BCUT2D eigenvalue weighted by atomic mass is 16.5. The molecule has 0 aliphatic carbocycles. The summed E-state index contributed by atoms with van der Waals surface area (Å²) in [4.78, 5) is 16.9. The fourth-order valence-electron chi connectivity index (χ4n) is 3.46. The van der Waals surface area contributed by atoms with E-state index in [2.05, 4.69) is 28.2 Å². The highest BCUT2D eigenvalue weighted by Crippen LogP contribution is 2.30. The normalized spacial score (nSPS) is 18.7. The lowest BCUT2D eigenvalue weighted by atomic mass is 10.0. The Morgan fingerprint density at radius 2 is 1.92 bits per heavy atom. The van der Waals surface area contributed by atoms with E-state index in [0.29, 0.717) is 13.2 Å². The van der Waals surface area contributed by atoms with Crippen molar-refractivity contribution in [2.45, 2.75) is 6.61 Å². The van der Waals surface area contributed by atoms with Crippen LogP contribution >= 0.6 is 0 Å². The molecule has 0 saturated carbocycles. The lowest BCUT2D eigenvalue weighted by Crippen LogP contribution is -2.43. The molecule has 26 heavy (non-hydrogen) atoms. The summed E-state index contributed by atoms with van der Waals surface area (Å²) in [6.45, 7) is 5.44. The Labute approximate surface area is 153 Å². The fourth-order valence-corrected chi connectivity index (χ4v) is 3.46. The molecule has 3 heterocycles. The summed E-state index contributed by atoms with van der Waals surface area (Å²) in [6.07, 6.45) is 3.82. The minimum Gasteiger partial charge on any atom is -0.379 e. The Morgan fingerprint density at radius 3 is 2.69 bits per heavy atom. The van der Waals surface area contributed by atoms with Gasteiger partial charge in [-0.3, -0.25) is 14.4 Å². The van der Waals surface area contributed by atoms with E-state index in [9.17, 15) is 4.79 Å². The van der Waals surface area contributed by atoms with Crippen LogP contribution in [-0.2, 0) is 27.9 Å². The van der Waals surface area contributed by atoms with E-state index in [-0.39, 0.29) is 12.5 Å². The third-order valence-corrected chi connectivity index (χ3v) is 4.94. The number of carbonyl (C=O) groups excluding carboxylic acids is 1. The maximum absolute atomic E-state index is 12.6. The number of rotatable bonds is 4. The summed E-state index contributed by atoms with van der Waals surface area (Å²) in [6, 6.07) is 6.20. The lowest BCUT2D eigenvalue weighted by molar-refractivity contribution is -0.123. The lowest BCUT2D eigenvalue weighted by Gasteiger charge is -2.30. The quantitative estimate of drug-likeness (QED) is 0.826. The van der Waals surface area contributed by atoms with Crippen LogP contribution in [0.2, 0.25) is 0 Å². The van der Waals surface area contributed by atoms with Gasteiger partial charge in [0.2, 0.25) is 0 Å². The van der Waals surface area contributed by atoms with Crippen molar-refractivity contribution >= 4 is 11.6 Å². The molecule has 0 N–H and O–H groups in total. The standard InChI is InChI=1S/C19H24N4O3/c1-21-12-17(11-20-21)15-2-3-16-13-26-14-19(24)23(18(16)10-15)5-4-22-6-8-25-9-7-22/h2-3,10-12H,4-9,13-14H2,1H3. The van der Waals surface area contributed by atoms with Crippen molar-refractivity contribution in [2.24, 2.45) is 7.05 Å². The molecule has 0 atom stereocenters. The van der Waals surface area contributed by atoms with E-state index >= 15 is 0 Å². The Kier molecular flexibility index (Phi) is 5.01. The highest BCUT2D eigenvalue weighted by Gasteiger charge is 2.24. The summed E-state index contributed by atoms with van der Waals surface area (Å²) in [5.41, 5.74) is 4.09. The highest BCUT2D eigenvalue weighted by molar-refractivity contribution is 5.96. The second-order valence-electron chi connectivity index (χ2n) is 6.74. The molecular formula is C19H24N4O3. The average Bonchev–Trinajstić information content (AvgIpc) is 3.03. The molecule has 0 spiro atoms. The minimum atomic E-state index is 0.0142. The van der Waals surface area contributed by atoms with E-state index < -0.39 is 0 Å². The van der Waals surface area contributed by atoms with Gasteiger partial charge in [0.05, 0.1) is 26.0 Å². The van der Waals surface area contributed by atoms with Gasteiger partial charge in [-0.2, -0.15) is 5.10 Å². The molecule has 0 radical (unpaired) electrons. The summed E-state index contributed by atoms with van der Waals surface area (Å²) >= 11 is 0. The average molecular weight is 356 g/mol. The molecule has 138 valence electrons. The number of aryl methyl sites for hydroxylation is 1. The predicted molar refractivity (Wildman–Crippen MR) is 97.9 cm³/mol. The molecule has 0 bridgehead atoms. The van der Waals surface area contributed by atoms with Crippen molar-refractivity contribution in [3.63, 3.8) is 0 Å². The smallest absolute Gasteiger partial charge is 0.253 e. The van der Waals surface area contributed by atoms with Crippen molar-refractivity contribution in [3.8, 4) is 11.1 Å². The fraction of sp³-hybridized carbons (Fsp3) is 0.474. The van der Waals surface area contributed by atoms with Gasteiger partial charge in [-0.05, 0) is 11.6 Å². The molecule has 4 rings (SSSR count). The van der Waals surface area contributed by atoms with E-state index in [1.165, 1.54) is 0 Å².